The average Bonchev–Trinajstić information content (AvgIpc) is 2.46. The predicted octanol–water partition coefficient (Wildman–Crippen LogP) is 2.39. The van der Waals surface area contributed by atoms with Crippen LogP contribution < -0.4 is 10.6 Å². The van der Waals surface area contributed by atoms with E-state index < -0.39 is 0 Å². The predicted molar refractivity (Wildman–Crippen MR) is 85.1 cm³/mol. The molecular formula is C16H32N2O3. The molecule has 0 aromatic rings. The van der Waals surface area contributed by atoms with Gasteiger partial charge < -0.3 is 15.4 Å². The highest BCUT2D eigenvalue weighted by Gasteiger charge is 2.02. The fourth-order valence-corrected chi connectivity index (χ4v) is 1.83. The number of carbonyl (C=O) groups is 2. The smallest absolute Gasteiger partial charge is 0.246 e. The highest BCUT2D eigenvalue weighted by atomic mass is 16.5. The maximum Gasteiger partial charge on any atom is 0.246 e. The molecule has 0 atom stereocenters. The van der Waals surface area contributed by atoms with Gasteiger partial charge in [-0.2, -0.15) is 0 Å². The van der Waals surface area contributed by atoms with Crippen molar-refractivity contribution in [2.75, 3.05) is 19.7 Å². The van der Waals surface area contributed by atoms with Crippen molar-refractivity contribution in [2.45, 2.75) is 71.8 Å². The summed E-state index contributed by atoms with van der Waals surface area (Å²) in [6.45, 7) is 7.37. The fourth-order valence-electron chi connectivity index (χ4n) is 1.83. The van der Waals surface area contributed by atoms with Crippen LogP contribution in [0.2, 0.25) is 0 Å². The summed E-state index contributed by atoms with van der Waals surface area (Å²) < 4.78 is 5.22. The van der Waals surface area contributed by atoms with E-state index in [1.807, 2.05) is 20.8 Å². The first kappa shape index (κ1) is 19.9. The molecule has 0 radical (unpaired) electrons. The number of carbonyl (C=O) groups excluding carboxylic acids is 2. The number of hydrogen-bond acceptors (Lipinski definition) is 3. The quantitative estimate of drug-likeness (QED) is 0.513. The second kappa shape index (κ2) is 13.9. The normalized spacial score (nSPS) is 10.7. The number of nitrogens with one attached hydrogen (secondary N) is 2. The molecule has 0 aliphatic carbocycles. The lowest BCUT2D eigenvalue weighted by Crippen LogP contribution is -2.29. The molecule has 0 aromatic heterocycles. The Morgan fingerprint density at radius 1 is 0.857 bits per heavy atom. The van der Waals surface area contributed by atoms with Gasteiger partial charge in [-0.3, -0.25) is 9.59 Å². The average molecular weight is 300 g/mol. The van der Waals surface area contributed by atoms with Gasteiger partial charge in [-0.1, -0.05) is 32.6 Å². The topological polar surface area (TPSA) is 67.4 Å². The van der Waals surface area contributed by atoms with Gasteiger partial charge in [0.1, 0.15) is 6.61 Å². The monoisotopic (exact) mass is 300 g/mol. The van der Waals surface area contributed by atoms with E-state index in [9.17, 15) is 9.59 Å². The minimum Gasteiger partial charge on any atom is -0.369 e. The molecule has 0 unspecified atom stereocenters. The fraction of sp³-hybridized carbons (Fsp3) is 0.875. The van der Waals surface area contributed by atoms with E-state index in [1.54, 1.807) is 0 Å². The summed E-state index contributed by atoms with van der Waals surface area (Å²) in [7, 11) is 0. The van der Waals surface area contributed by atoms with Crippen LogP contribution in [0.1, 0.15) is 65.7 Å². The summed E-state index contributed by atoms with van der Waals surface area (Å²) in [6, 6.07) is 0. The summed E-state index contributed by atoms with van der Waals surface area (Å²) in [5.74, 6) is 0.0996. The molecule has 0 saturated carbocycles. The lowest BCUT2D eigenvalue weighted by atomic mass is 10.1. The first-order valence-corrected chi connectivity index (χ1v) is 8.21. The Bertz CT molecular complexity index is 281. The Hall–Kier alpha value is -1.10. The van der Waals surface area contributed by atoms with Gasteiger partial charge >= 0.3 is 0 Å². The molecule has 0 heterocycles. The van der Waals surface area contributed by atoms with Crippen LogP contribution >= 0.6 is 0 Å². The molecular weight excluding hydrogens is 268 g/mol. The van der Waals surface area contributed by atoms with Gasteiger partial charge in [0.25, 0.3) is 0 Å². The van der Waals surface area contributed by atoms with Crippen molar-refractivity contribution in [2.24, 2.45) is 0 Å². The molecule has 2 amide bonds. The summed E-state index contributed by atoms with van der Waals surface area (Å²) in [5.41, 5.74) is 0. The second-order valence-corrected chi connectivity index (χ2v) is 5.53. The van der Waals surface area contributed by atoms with E-state index in [-0.39, 0.29) is 24.5 Å². The Labute approximate surface area is 129 Å². The van der Waals surface area contributed by atoms with Crippen molar-refractivity contribution >= 4 is 11.8 Å². The first-order chi connectivity index (χ1) is 10.1. The zero-order valence-electron chi connectivity index (χ0n) is 13.9. The largest absolute Gasteiger partial charge is 0.369 e. The summed E-state index contributed by atoms with van der Waals surface area (Å²) in [5, 5.41) is 5.73. The highest BCUT2D eigenvalue weighted by Crippen LogP contribution is 2.04. The molecule has 0 rings (SSSR count). The van der Waals surface area contributed by atoms with Crippen LogP contribution in [0.5, 0.6) is 0 Å². The van der Waals surface area contributed by atoms with Gasteiger partial charge in [-0.25, -0.2) is 0 Å². The molecule has 21 heavy (non-hydrogen) atoms. The van der Waals surface area contributed by atoms with Crippen molar-refractivity contribution in [3.63, 3.8) is 0 Å². The minimum absolute atomic E-state index is 0.0321. The number of ether oxygens (including phenoxy) is 1. The molecule has 0 bridgehead atoms. The van der Waals surface area contributed by atoms with E-state index in [0.29, 0.717) is 6.42 Å². The first-order valence-electron chi connectivity index (χ1n) is 8.21. The maximum absolute atomic E-state index is 11.4. The van der Waals surface area contributed by atoms with Crippen molar-refractivity contribution in [1.29, 1.82) is 0 Å². The highest BCUT2D eigenvalue weighted by molar-refractivity contribution is 5.77. The molecule has 0 saturated heterocycles. The van der Waals surface area contributed by atoms with Crippen molar-refractivity contribution in [3.05, 3.63) is 0 Å². The Balaban J connectivity index is 3.18. The summed E-state index contributed by atoms with van der Waals surface area (Å²) >= 11 is 0. The minimum atomic E-state index is -0.0321. The van der Waals surface area contributed by atoms with Crippen LogP contribution in [0.4, 0.5) is 0 Å². The van der Waals surface area contributed by atoms with Gasteiger partial charge in [0.05, 0.1) is 6.10 Å². The van der Waals surface area contributed by atoms with Crippen molar-refractivity contribution < 1.29 is 14.3 Å². The SMILES string of the molecule is CCC(=O)NCCCCCCCCNC(=O)COC(C)C. The van der Waals surface area contributed by atoms with Crippen molar-refractivity contribution in [1.82, 2.24) is 10.6 Å². The Kier molecular flexibility index (Phi) is 13.1. The standard InChI is InChI=1S/C16H32N2O3/c1-4-15(19)17-11-9-7-5-6-8-10-12-18-16(20)13-21-14(2)3/h14H,4-13H2,1-3H3,(H,17,19)(H,18,20). The van der Waals surface area contributed by atoms with Crippen LogP contribution in [-0.4, -0.2) is 37.6 Å². The third-order valence-corrected chi connectivity index (χ3v) is 3.12. The van der Waals surface area contributed by atoms with Crippen LogP contribution in [0.3, 0.4) is 0 Å². The molecule has 2 N–H and O–H groups in total. The lowest BCUT2D eigenvalue weighted by molar-refractivity contribution is -0.127. The zero-order valence-corrected chi connectivity index (χ0v) is 13.9. The molecule has 0 aliphatic rings. The summed E-state index contributed by atoms with van der Waals surface area (Å²) in [4.78, 5) is 22.4. The Morgan fingerprint density at radius 3 is 1.81 bits per heavy atom. The van der Waals surface area contributed by atoms with Crippen LogP contribution in [0, 0.1) is 0 Å². The maximum atomic E-state index is 11.4. The van der Waals surface area contributed by atoms with Gasteiger partial charge in [0.15, 0.2) is 0 Å². The number of unbranched alkanes of at least 4 members (excludes halogenated alkanes) is 5. The lowest BCUT2D eigenvalue weighted by Gasteiger charge is -2.08. The summed E-state index contributed by atoms with van der Waals surface area (Å²) in [6.07, 6.45) is 7.37. The number of hydrogen-bond donors (Lipinski definition) is 2. The third-order valence-electron chi connectivity index (χ3n) is 3.12. The second-order valence-electron chi connectivity index (χ2n) is 5.53. The molecule has 0 aromatic carbocycles. The molecule has 5 nitrogen and oxygen atoms in total. The van der Waals surface area contributed by atoms with E-state index >= 15 is 0 Å². The molecule has 5 heteroatoms. The molecule has 0 spiro atoms. The van der Waals surface area contributed by atoms with Gasteiger partial charge in [0, 0.05) is 19.5 Å². The van der Waals surface area contributed by atoms with Gasteiger partial charge in [-0.05, 0) is 26.7 Å². The van der Waals surface area contributed by atoms with Crippen molar-refractivity contribution in [3.8, 4) is 0 Å². The van der Waals surface area contributed by atoms with Gasteiger partial charge in [-0.15, -0.1) is 0 Å². The Morgan fingerprint density at radius 2 is 1.33 bits per heavy atom. The van der Waals surface area contributed by atoms with E-state index in [0.717, 1.165) is 38.8 Å². The molecule has 124 valence electrons. The van der Waals surface area contributed by atoms with E-state index in [1.165, 1.54) is 12.8 Å². The molecule has 0 fully saturated rings. The van der Waals surface area contributed by atoms with Gasteiger partial charge in [0.2, 0.25) is 11.8 Å². The van der Waals surface area contributed by atoms with Crippen LogP contribution in [0.15, 0.2) is 0 Å². The van der Waals surface area contributed by atoms with Crippen LogP contribution in [0.25, 0.3) is 0 Å². The van der Waals surface area contributed by atoms with Crippen LogP contribution in [-0.2, 0) is 14.3 Å². The van der Waals surface area contributed by atoms with E-state index in [4.69, 9.17) is 4.74 Å². The zero-order chi connectivity index (χ0) is 15.9. The van der Waals surface area contributed by atoms with E-state index in [2.05, 4.69) is 10.6 Å². The molecule has 0 aliphatic heterocycles. The number of rotatable bonds is 13. The third kappa shape index (κ3) is 15.1. The number of amides is 2.